The van der Waals surface area contributed by atoms with Crippen LogP contribution in [0.3, 0.4) is 0 Å². The molecule has 0 aromatic heterocycles. The highest BCUT2D eigenvalue weighted by atomic mass is 16.5. The van der Waals surface area contributed by atoms with Crippen molar-refractivity contribution in [3.63, 3.8) is 0 Å². The molecule has 0 heterocycles. The summed E-state index contributed by atoms with van der Waals surface area (Å²) in [6, 6.07) is 5.70. The predicted molar refractivity (Wildman–Crippen MR) is 75.2 cm³/mol. The van der Waals surface area contributed by atoms with E-state index in [0.29, 0.717) is 17.4 Å². The van der Waals surface area contributed by atoms with Crippen LogP contribution in [0.2, 0.25) is 0 Å². The molecule has 1 N–H and O–H groups in total. The summed E-state index contributed by atoms with van der Waals surface area (Å²) < 4.78 is 5.10. The van der Waals surface area contributed by atoms with Crippen molar-refractivity contribution in [2.75, 3.05) is 20.7 Å². The second-order valence-electron chi connectivity index (χ2n) is 5.05. The SMILES string of the molecule is CCC(C)CN(C)C(C)c1ccc(OC)cc1O. The molecule has 0 amide bonds. The van der Waals surface area contributed by atoms with Crippen molar-refractivity contribution in [1.82, 2.24) is 4.90 Å². The lowest BCUT2D eigenvalue weighted by molar-refractivity contribution is 0.220. The molecule has 0 radical (unpaired) electrons. The Morgan fingerprint density at radius 3 is 2.50 bits per heavy atom. The molecule has 0 aliphatic heterocycles. The monoisotopic (exact) mass is 251 g/mol. The topological polar surface area (TPSA) is 32.7 Å². The van der Waals surface area contributed by atoms with E-state index in [1.807, 2.05) is 12.1 Å². The van der Waals surface area contributed by atoms with Gasteiger partial charge in [0.1, 0.15) is 11.5 Å². The van der Waals surface area contributed by atoms with E-state index in [9.17, 15) is 5.11 Å². The number of hydrogen-bond acceptors (Lipinski definition) is 3. The van der Waals surface area contributed by atoms with E-state index in [-0.39, 0.29) is 6.04 Å². The molecule has 0 spiro atoms. The third-order valence-corrected chi connectivity index (χ3v) is 3.65. The molecule has 0 bridgehead atoms. The highest BCUT2D eigenvalue weighted by molar-refractivity contribution is 5.41. The Morgan fingerprint density at radius 1 is 1.33 bits per heavy atom. The van der Waals surface area contributed by atoms with Crippen molar-refractivity contribution in [3.8, 4) is 11.5 Å². The molecule has 1 aromatic rings. The van der Waals surface area contributed by atoms with Crippen molar-refractivity contribution in [1.29, 1.82) is 0 Å². The third kappa shape index (κ3) is 3.64. The van der Waals surface area contributed by atoms with Gasteiger partial charge in [-0.25, -0.2) is 0 Å². The average molecular weight is 251 g/mol. The molecule has 0 aliphatic rings. The lowest BCUT2D eigenvalue weighted by atomic mass is 10.0. The van der Waals surface area contributed by atoms with Gasteiger partial charge < -0.3 is 9.84 Å². The van der Waals surface area contributed by atoms with E-state index in [2.05, 4.69) is 32.7 Å². The van der Waals surface area contributed by atoms with Gasteiger partial charge in [-0.1, -0.05) is 26.3 Å². The molecule has 0 fully saturated rings. The van der Waals surface area contributed by atoms with Crippen LogP contribution < -0.4 is 4.74 Å². The van der Waals surface area contributed by atoms with Gasteiger partial charge in [0.25, 0.3) is 0 Å². The van der Waals surface area contributed by atoms with Crippen LogP contribution in [0.4, 0.5) is 0 Å². The molecule has 0 saturated heterocycles. The van der Waals surface area contributed by atoms with Gasteiger partial charge in [-0.15, -0.1) is 0 Å². The zero-order valence-corrected chi connectivity index (χ0v) is 12.1. The number of phenols is 1. The van der Waals surface area contributed by atoms with Crippen LogP contribution in [0.5, 0.6) is 11.5 Å². The van der Waals surface area contributed by atoms with Gasteiger partial charge in [-0.2, -0.15) is 0 Å². The summed E-state index contributed by atoms with van der Waals surface area (Å²) >= 11 is 0. The minimum absolute atomic E-state index is 0.199. The number of phenolic OH excluding ortho intramolecular Hbond substituents is 1. The normalized spacial score (nSPS) is 14.6. The molecule has 0 saturated carbocycles. The molecule has 102 valence electrons. The number of hydrogen-bond donors (Lipinski definition) is 1. The summed E-state index contributed by atoms with van der Waals surface area (Å²) in [5.74, 6) is 1.66. The fourth-order valence-electron chi connectivity index (χ4n) is 2.02. The third-order valence-electron chi connectivity index (χ3n) is 3.65. The van der Waals surface area contributed by atoms with Crippen LogP contribution in [0, 0.1) is 5.92 Å². The van der Waals surface area contributed by atoms with Crippen molar-refractivity contribution >= 4 is 0 Å². The summed E-state index contributed by atoms with van der Waals surface area (Å²) in [4.78, 5) is 2.27. The maximum absolute atomic E-state index is 10.0. The molecule has 1 aromatic carbocycles. The molecule has 2 atom stereocenters. The highest BCUT2D eigenvalue weighted by Crippen LogP contribution is 2.31. The second-order valence-corrected chi connectivity index (χ2v) is 5.05. The van der Waals surface area contributed by atoms with E-state index >= 15 is 0 Å². The van der Waals surface area contributed by atoms with Gasteiger partial charge >= 0.3 is 0 Å². The molecule has 3 heteroatoms. The van der Waals surface area contributed by atoms with E-state index in [1.54, 1.807) is 13.2 Å². The Morgan fingerprint density at radius 2 is 2.00 bits per heavy atom. The Hall–Kier alpha value is -1.22. The largest absolute Gasteiger partial charge is 0.507 e. The zero-order chi connectivity index (χ0) is 13.7. The fourth-order valence-corrected chi connectivity index (χ4v) is 2.02. The molecule has 2 unspecified atom stereocenters. The minimum Gasteiger partial charge on any atom is -0.507 e. The first kappa shape index (κ1) is 14.8. The summed E-state index contributed by atoms with van der Waals surface area (Å²) in [5, 5.41) is 10.0. The maximum Gasteiger partial charge on any atom is 0.124 e. The Kier molecular flexibility index (Phi) is 5.48. The summed E-state index contributed by atoms with van der Waals surface area (Å²) in [6.45, 7) is 7.60. The number of ether oxygens (including phenoxy) is 1. The Bertz CT molecular complexity index is 379. The Labute approximate surface area is 110 Å². The van der Waals surface area contributed by atoms with E-state index in [4.69, 9.17) is 4.74 Å². The van der Waals surface area contributed by atoms with Crippen molar-refractivity contribution in [2.45, 2.75) is 33.2 Å². The lowest BCUT2D eigenvalue weighted by Crippen LogP contribution is -2.27. The van der Waals surface area contributed by atoms with Crippen LogP contribution in [-0.4, -0.2) is 30.7 Å². The van der Waals surface area contributed by atoms with E-state index < -0.39 is 0 Å². The standard InChI is InChI=1S/C15H25NO2/c1-6-11(2)10-16(4)12(3)14-8-7-13(18-5)9-15(14)17/h7-9,11-12,17H,6,10H2,1-5H3. The van der Waals surface area contributed by atoms with Gasteiger partial charge in [0, 0.05) is 24.2 Å². The zero-order valence-electron chi connectivity index (χ0n) is 12.1. The smallest absolute Gasteiger partial charge is 0.124 e. The first-order chi connectivity index (χ1) is 8.49. The average Bonchev–Trinajstić information content (AvgIpc) is 2.37. The van der Waals surface area contributed by atoms with Crippen molar-refractivity contribution in [3.05, 3.63) is 23.8 Å². The molecule has 1 rings (SSSR count). The quantitative estimate of drug-likeness (QED) is 0.840. The van der Waals surface area contributed by atoms with Crippen molar-refractivity contribution in [2.24, 2.45) is 5.92 Å². The lowest BCUT2D eigenvalue weighted by Gasteiger charge is -2.28. The molecule has 3 nitrogen and oxygen atoms in total. The van der Waals surface area contributed by atoms with Crippen molar-refractivity contribution < 1.29 is 9.84 Å². The second kappa shape index (κ2) is 6.64. The van der Waals surface area contributed by atoms with Gasteiger partial charge in [0.05, 0.1) is 7.11 Å². The number of methoxy groups -OCH3 is 1. The number of benzene rings is 1. The van der Waals surface area contributed by atoms with Crippen LogP contribution in [0.25, 0.3) is 0 Å². The minimum atomic E-state index is 0.199. The molecular formula is C15H25NO2. The van der Waals surface area contributed by atoms with E-state index in [0.717, 1.165) is 12.1 Å². The van der Waals surface area contributed by atoms with Gasteiger partial charge in [-0.3, -0.25) is 4.90 Å². The predicted octanol–water partition coefficient (Wildman–Crippen LogP) is 3.44. The fraction of sp³-hybridized carbons (Fsp3) is 0.600. The highest BCUT2D eigenvalue weighted by Gasteiger charge is 2.17. The van der Waals surface area contributed by atoms with Gasteiger partial charge in [-0.05, 0) is 26.0 Å². The first-order valence-corrected chi connectivity index (χ1v) is 6.56. The van der Waals surface area contributed by atoms with E-state index in [1.165, 1.54) is 6.42 Å². The van der Waals surface area contributed by atoms with Crippen LogP contribution in [0.1, 0.15) is 38.8 Å². The molecule has 18 heavy (non-hydrogen) atoms. The van der Waals surface area contributed by atoms with Crippen LogP contribution >= 0.6 is 0 Å². The molecular weight excluding hydrogens is 226 g/mol. The summed E-state index contributed by atoms with van der Waals surface area (Å²) in [5.41, 5.74) is 0.946. The van der Waals surface area contributed by atoms with Gasteiger partial charge in [0.2, 0.25) is 0 Å². The Balaban J connectivity index is 2.79. The number of aromatic hydroxyl groups is 1. The first-order valence-electron chi connectivity index (χ1n) is 6.56. The maximum atomic E-state index is 10.0. The summed E-state index contributed by atoms with van der Waals surface area (Å²) in [6.07, 6.45) is 1.17. The number of nitrogens with zero attached hydrogens (tertiary/aromatic N) is 1. The molecule has 0 aliphatic carbocycles. The van der Waals surface area contributed by atoms with Gasteiger partial charge in [0.15, 0.2) is 0 Å². The van der Waals surface area contributed by atoms with Crippen LogP contribution in [-0.2, 0) is 0 Å². The summed E-state index contributed by atoms with van der Waals surface area (Å²) in [7, 11) is 3.70. The number of rotatable bonds is 6. The van der Waals surface area contributed by atoms with Crippen LogP contribution in [0.15, 0.2) is 18.2 Å².